The molecule has 2 amide bonds. The smallest absolute Gasteiger partial charge is 0.267 e. The van der Waals surface area contributed by atoms with Crippen molar-refractivity contribution in [2.75, 3.05) is 13.2 Å². The summed E-state index contributed by atoms with van der Waals surface area (Å²) in [6.07, 6.45) is 8.31. The number of unbranched alkanes of at least 4 members (excludes halogenated alkanes) is 3. The molecule has 3 aliphatic carbocycles. The van der Waals surface area contributed by atoms with E-state index in [1.54, 1.807) is 17.0 Å². The van der Waals surface area contributed by atoms with E-state index in [9.17, 15) is 18.4 Å². The Labute approximate surface area is 209 Å². The lowest BCUT2D eigenvalue weighted by Gasteiger charge is -2.70. The third kappa shape index (κ3) is 4.80. The van der Waals surface area contributed by atoms with E-state index in [-0.39, 0.29) is 47.3 Å². The summed E-state index contributed by atoms with van der Waals surface area (Å²) in [6, 6.07) is 7.26. The Bertz CT molecular complexity index is 1120. The molecule has 0 spiro atoms. The first-order valence-corrected chi connectivity index (χ1v) is 12.7. The van der Waals surface area contributed by atoms with Crippen LogP contribution in [0.2, 0.25) is 0 Å². The fourth-order valence-electron chi connectivity index (χ4n) is 6.52. The molecule has 192 valence electrons. The van der Waals surface area contributed by atoms with Crippen LogP contribution in [0, 0.1) is 16.6 Å². The topological polar surface area (TPSA) is 98.4 Å². The molecule has 0 radical (unpaired) electrons. The summed E-state index contributed by atoms with van der Waals surface area (Å²) in [7, 11) is 0. The number of benzene rings is 1. The van der Waals surface area contributed by atoms with Gasteiger partial charge in [0.25, 0.3) is 5.91 Å². The number of hydrogen-bond acceptors (Lipinski definition) is 5. The molecule has 2 heterocycles. The Morgan fingerprint density at radius 1 is 1.11 bits per heavy atom. The Morgan fingerprint density at radius 2 is 1.89 bits per heavy atom. The van der Waals surface area contributed by atoms with Gasteiger partial charge in [0.15, 0.2) is 0 Å². The molecule has 3 saturated carbocycles. The fraction of sp³-hybridized carbons (Fsp3) is 0.556. The van der Waals surface area contributed by atoms with Crippen LogP contribution in [0.15, 0.2) is 36.7 Å². The van der Waals surface area contributed by atoms with Crippen LogP contribution in [0.1, 0.15) is 79.9 Å². The van der Waals surface area contributed by atoms with Gasteiger partial charge in [0, 0.05) is 12.5 Å². The fourth-order valence-corrected chi connectivity index (χ4v) is 6.52. The van der Waals surface area contributed by atoms with Crippen molar-refractivity contribution < 1.29 is 23.1 Å². The van der Waals surface area contributed by atoms with Gasteiger partial charge in [-0.25, -0.2) is 18.7 Å². The van der Waals surface area contributed by atoms with Gasteiger partial charge in [0.2, 0.25) is 11.8 Å². The molecule has 7 nitrogen and oxygen atoms in total. The van der Waals surface area contributed by atoms with Crippen molar-refractivity contribution in [2.24, 2.45) is 16.6 Å². The van der Waals surface area contributed by atoms with Crippen LogP contribution in [-0.4, -0.2) is 46.0 Å². The number of likely N-dealkylation sites (tertiary alicyclic amines) is 1. The van der Waals surface area contributed by atoms with E-state index in [2.05, 4.69) is 9.97 Å². The van der Waals surface area contributed by atoms with Gasteiger partial charge >= 0.3 is 0 Å². The van der Waals surface area contributed by atoms with Gasteiger partial charge in [-0.15, -0.1) is 0 Å². The van der Waals surface area contributed by atoms with Crippen LogP contribution < -0.4 is 10.5 Å². The second-order valence-electron chi connectivity index (χ2n) is 10.8. The summed E-state index contributed by atoms with van der Waals surface area (Å²) in [5.41, 5.74) is 5.96. The minimum absolute atomic E-state index is 0.0557. The summed E-state index contributed by atoms with van der Waals surface area (Å²) in [5, 5.41) is 0. The monoisotopic (exact) mass is 498 g/mol. The highest BCUT2D eigenvalue weighted by molar-refractivity contribution is 5.90. The number of nitrogens with zero attached hydrogens (tertiary/aromatic N) is 3. The summed E-state index contributed by atoms with van der Waals surface area (Å²) in [6.45, 7) is 0.617. The van der Waals surface area contributed by atoms with Gasteiger partial charge in [-0.3, -0.25) is 9.59 Å². The summed E-state index contributed by atoms with van der Waals surface area (Å²) in [5.74, 6) is -0.568. The zero-order chi connectivity index (χ0) is 25.3. The number of rotatable bonds is 11. The van der Waals surface area contributed by atoms with Gasteiger partial charge in [-0.2, -0.15) is 0 Å². The quantitative estimate of drug-likeness (QED) is 0.459. The summed E-state index contributed by atoms with van der Waals surface area (Å²) >= 11 is 0. The van der Waals surface area contributed by atoms with Crippen LogP contribution in [0.3, 0.4) is 0 Å². The summed E-state index contributed by atoms with van der Waals surface area (Å²) in [4.78, 5) is 34.0. The lowest BCUT2D eigenvalue weighted by atomic mass is 9.33. The third-order valence-electron chi connectivity index (χ3n) is 8.08. The Morgan fingerprint density at radius 3 is 2.64 bits per heavy atom. The largest absolute Gasteiger partial charge is 0.478 e. The maximum Gasteiger partial charge on any atom is 0.267 e. The van der Waals surface area contributed by atoms with Gasteiger partial charge < -0.3 is 15.4 Å². The van der Waals surface area contributed by atoms with Gasteiger partial charge in [0.1, 0.15) is 24.0 Å². The average molecular weight is 499 g/mol. The number of hydrogen-bond donors (Lipinski definition) is 1. The van der Waals surface area contributed by atoms with Crippen LogP contribution in [0.4, 0.5) is 8.78 Å². The number of halogens is 2. The molecule has 2 N–H and O–H groups in total. The predicted octanol–water partition coefficient (Wildman–Crippen LogP) is 4.53. The lowest BCUT2D eigenvalue weighted by molar-refractivity contribution is -0.220. The van der Waals surface area contributed by atoms with E-state index < -0.39 is 12.1 Å². The predicted molar refractivity (Wildman–Crippen MR) is 128 cm³/mol. The van der Waals surface area contributed by atoms with E-state index >= 15 is 0 Å². The van der Waals surface area contributed by atoms with Crippen LogP contribution in [0.5, 0.6) is 5.88 Å². The van der Waals surface area contributed by atoms with E-state index in [1.165, 1.54) is 24.5 Å². The first kappa shape index (κ1) is 24.6. The standard InChI is InChI=1S/C27H32F2N4O3/c28-19-7-5-6-18(10-19)22-11-20(29)13-33(22)25(35)27-14-26(15-27,16-27)8-3-1-2-4-9-36-23-12-21(24(30)34)31-17-32-23/h5-7,10,12,17,20,22H,1-4,8-9,11,13-16H2,(H2,30,34). The number of carbonyl (C=O) groups excluding carboxylic acids is 2. The molecule has 2 aromatic rings. The Kier molecular flexibility index (Phi) is 6.66. The number of amides is 2. The normalized spacial score (nSPS) is 28.3. The third-order valence-corrected chi connectivity index (χ3v) is 8.08. The molecular weight excluding hydrogens is 466 g/mol. The number of alkyl halides is 1. The molecule has 36 heavy (non-hydrogen) atoms. The molecule has 9 heteroatoms. The van der Waals surface area contributed by atoms with Crippen LogP contribution in [-0.2, 0) is 4.79 Å². The van der Waals surface area contributed by atoms with Crippen LogP contribution >= 0.6 is 0 Å². The van der Waals surface area contributed by atoms with Crippen molar-refractivity contribution in [1.29, 1.82) is 0 Å². The molecule has 1 saturated heterocycles. The first-order chi connectivity index (χ1) is 17.3. The van der Waals surface area contributed by atoms with E-state index in [0.29, 0.717) is 18.1 Å². The van der Waals surface area contributed by atoms with Crippen molar-refractivity contribution in [3.8, 4) is 5.88 Å². The number of aromatic nitrogens is 2. The molecule has 1 aliphatic heterocycles. The molecule has 1 aromatic carbocycles. The highest BCUT2D eigenvalue weighted by Gasteiger charge is 2.71. The molecule has 4 fully saturated rings. The average Bonchev–Trinajstić information content (AvgIpc) is 3.20. The van der Waals surface area contributed by atoms with Gasteiger partial charge in [-0.05, 0) is 55.2 Å². The van der Waals surface area contributed by atoms with E-state index in [1.807, 2.05) is 0 Å². The minimum Gasteiger partial charge on any atom is -0.478 e. The first-order valence-electron chi connectivity index (χ1n) is 12.7. The molecule has 2 unspecified atom stereocenters. The van der Waals surface area contributed by atoms with Crippen molar-refractivity contribution in [2.45, 2.75) is 70.0 Å². The Balaban J connectivity index is 1.02. The zero-order valence-corrected chi connectivity index (χ0v) is 20.3. The summed E-state index contributed by atoms with van der Waals surface area (Å²) < 4.78 is 33.6. The van der Waals surface area contributed by atoms with E-state index in [4.69, 9.17) is 10.5 Å². The van der Waals surface area contributed by atoms with Crippen molar-refractivity contribution in [3.63, 3.8) is 0 Å². The van der Waals surface area contributed by atoms with Crippen molar-refractivity contribution >= 4 is 11.8 Å². The van der Waals surface area contributed by atoms with Gasteiger partial charge in [-0.1, -0.05) is 31.4 Å². The van der Waals surface area contributed by atoms with Crippen molar-refractivity contribution in [3.05, 3.63) is 53.7 Å². The number of nitrogens with two attached hydrogens (primary N) is 1. The molecular formula is C27H32F2N4O3. The second-order valence-corrected chi connectivity index (χ2v) is 10.8. The molecule has 1 aromatic heterocycles. The second kappa shape index (κ2) is 9.75. The highest BCUT2D eigenvalue weighted by atomic mass is 19.1. The number of carbonyl (C=O) groups is 2. The molecule has 4 aliphatic rings. The molecule has 6 rings (SSSR count). The maximum absolute atomic E-state index is 14.3. The molecule has 2 bridgehead atoms. The lowest BCUT2D eigenvalue weighted by Crippen LogP contribution is -2.68. The molecule has 2 atom stereocenters. The maximum atomic E-state index is 14.3. The van der Waals surface area contributed by atoms with E-state index in [0.717, 1.165) is 51.4 Å². The van der Waals surface area contributed by atoms with Crippen LogP contribution in [0.25, 0.3) is 0 Å². The number of ether oxygens (including phenoxy) is 1. The Hall–Kier alpha value is -3.10. The zero-order valence-electron chi connectivity index (χ0n) is 20.3. The number of primary amides is 1. The highest BCUT2D eigenvalue weighted by Crippen LogP contribution is 2.76. The SMILES string of the molecule is NC(=O)c1cc(OCCCCCCC23CC(C(=O)N4CC(F)CC4c4cccc(F)c4)(C2)C3)ncn1. The minimum atomic E-state index is -1.06. The van der Waals surface area contributed by atoms with Gasteiger partial charge in [0.05, 0.1) is 24.6 Å². The van der Waals surface area contributed by atoms with Crippen molar-refractivity contribution in [1.82, 2.24) is 14.9 Å².